The number of methoxy groups -OCH3 is 1. The van der Waals surface area contributed by atoms with Crippen molar-refractivity contribution in [1.29, 1.82) is 0 Å². The number of benzene rings is 2. The maximum atomic E-state index is 13.4. The average Bonchev–Trinajstić information content (AvgIpc) is 2.74. The number of carbonyl (C=O) groups is 2. The molecule has 0 aliphatic carbocycles. The number of anilines is 2. The number of hydrogen-bond acceptors (Lipinski definition) is 4. The molecule has 7 heteroatoms. The summed E-state index contributed by atoms with van der Waals surface area (Å²) >= 11 is 0. The second kappa shape index (κ2) is 10.0. The standard InChI is InChI=1S/C22H26FN3O3/c1-29-13-10-24-22(28)19-15-18(8-9-20(19)26-11-3-2-4-12-26)25-21(27)16-6-5-7-17(23)14-16/h5-9,14-15H,2-4,10-13H2,1H3,(H,24,28)(H,25,27). The van der Waals surface area contributed by atoms with E-state index in [1.165, 1.54) is 24.6 Å². The van der Waals surface area contributed by atoms with Crippen LogP contribution in [0.1, 0.15) is 40.0 Å². The zero-order chi connectivity index (χ0) is 20.6. The van der Waals surface area contributed by atoms with Crippen molar-refractivity contribution in [3.63, 3.8) is 0 Å². The maximum absolute atomic E-state index is 13.4. The van der Waals surface area contributed by atoms with Gasteiger partial charge >= 0.3 is 0 Å². The summed E-state index contributed by atoms with van der Waals surface area (Å²) in [5.74, 6) is -1.12. The molecule has 1 aliphatic rings. The van der Waals surface area contributed by atoms with Gasteiger partial charge in [-0.25, -0.2) is 4.39 Å². The number of halogens is 1. The van der Waals surface area contributed by atoms with Gasteiger partial charge in [-0.1, -0.05) is 6.07 Å². The Bertz CT molecular complexity index is 866. The van der Waals surface area contributed by atoms with E-state index in [0.717, 1.165) is 31.6 Å². The Morgan fingerprint density at radius 2 is 1.86 bits per heavy atom. The Hall–Kier alpha value is -2.93. The van der Waals surface area contributed by atoms with Crippen LogP contribution in [0, 0.1) is 5.82 Å². The van der Waals surface area contributed by atoms with Gasteiger partial charge in [-0.2, -0.15) is 0 Å². The molecular formula is C22H26FN3O3. The smallest absolute Gasteiger partial charge is 0.255 e. The van der Waals surface area contributed by atoms with Gasteiger partial charge in [0.2, 0.25) is 0 Å². The molecule has 0 unspecified atom stereocenters. The van der Waals surface area contributed by atoms with E-state index in [4.69, 9.17) is 4.74 Å². The van der Waals surface area contributed by atoms with Crippen molar-refractivity contribution in [2.24, 2.45) is 0 Å². The van der Waals surface area contributed by atoms with E-state index in [1.807, 2.05) is 6.07 Å². The summed E-state index contributed by atoms with van der Waals surface area (Å²) in [6.45, 7) is 2.61. The van der Waals surface area contributed by atoms with Crippen molar-refractivity contribution in [3.8, 4) is 0 Å². The predicted octanol–water partition coefficient (Wildman–Crippen LogP) is 3.44. The highest BCUT2D eigenvalue weighted by molar-refractivity contribution is 6.06. The number of nitrogens with one attached hydrogen (secondary N) is 2. The van der Waals surface area contributed by atoms with Crippen LogP contribution in [0.2, 0.25) is 0 Å². The third-order valence-corrected chi connectivity index (χ3v) is 4.87. The van der Waals surface area contributed by atoms with Crippen molar-refractivity contribution >= 4 is 23.2 Å². The molecule has 2 amide bonds. The lowest BCUT2D eigenvalue weighted by Crippen LogP contribution is -2.33. The SMILES string of the molecule is COCCNC(=O)c1cc(NC(=O)c2cccc(F)c2)ccc1N1CCCCC1. The number of amides is 2. The topological polar surface area (TPSA) is 70.7 Å². The lowest BCUT2D eigenvalue weighted by Gasteiger charge is -2.30. The van der Waals surface area contributed by atoms with Gasteiger partial charge < -0.3 is 20.3 Å². The summed E-state index contributed by atoms with van der Waals surface area (Å²) in [5, 5.41) is 5.60. The molecule has 3 rings (SSSR count). The fourth-order valence-electron chi connectivity index (χ4n) is 3.40. The highest BCUT2D eigenvalue weighted by Gasteiger charge is 2.20. The lowest BCUT2D eigenvalue weighted by molar-refractivity contribution is 0.0936. The summed E-state index contributed by atoms with van der Waals surface area (Å²) in [6, 6.07) is 10.8. The molecule has 0 saturated carbocycles. The average molecular weight is 399 g/mol. The van der Waals surface area contributed by atoms with Gasteiger partial charge in [-0.15, -0.1) is 0 Å². The highest BCUT2D eigenvalue weighted by atomic mass is 19.1. The normalized spacial score (nSPS) is 13.8. The molecule has 2 aromatic carbocycles. The quantitative estimate of drug-likeness (QED) is 0.700. The van der Waals surface area contributed by atoms with Crippen molar-refractivity contribution in [2.45, 2.75) is 19.3 Å². The third-order valence-electron chi connectivity index (χ3n) is 4.87. The van der Waals surface area contributed by atoms with Gasteiger partial charge in [0, 0.05) is 43.7 Å². The van der Waals surface area contributed by atoms with Gasteiger partial charge in [-0.05, 0) is 55.7 Å². The first-order chi connectivity index (χ1) is 14.1. The monoisotopic (exact) mass is 399 g/mol. The van der Waals surface area contributed by atoms with Crippen molar-refractivity contribution in [2.75, 3.05) is 43.6 Å². The van der Waals surface area contributed by atoms with Gasteiger partial charge in [0.05, 0.1) is 12.2 Å². The summed E-state index contributed by atoms with van der Waals surface area (Å²) in [7, 11) is 1.58. The second-order valence-electron chi connectivity index (χ2n) is 6.99. The molecule has 0 aromatic heterocycles. The van der Waals surface area contributed by atoms with Crippen LogP contribution in [0.4, 0.5) is 15.8 Å². The largest absolute Gasteiger partial charge is 0.383 e. The fraction of sp³-hybridized carbons (Fsp3) is 0.364. The van der Waals surface area contributed by atoms with E-state index in [9.17, 15) is 14.0 Å². The summed E-state index contributed by atoms with van der Waals surface area (Å²) in [6.07, 6.45) is 3.36. The molecule has 0 spiro atoms. The zero-order valence-corrected chi connectivity index (χ0v) is 16.5. The molecule has 1 fully saturated rings. The Kier molecular flexibility index (Phi) is 7.19. The minimum Gasteiger partial charge on any atom is -0.383 e. The Morgan fingerprint density at radius 1 is 1.07 bits per heavy atom. The Labute approximate surface area is 170 Å². The van der Waals surface area contributed by atoms with Crippen LogP contribution in [-0.4, -0.2) is 45.2 Å². The van der Waals surface area contributed by atoms with Gasteiger partial charge in [0.25, 0.3) is 11.8 Å². The summed E-state index contributed by atoms with van der Waals surface area (Å²) in [4.78, 5) is 27.4. The van der Waals surface area contributed by atoms with E-state index in [2.05, 4.69) is 15.5 Å². The number of nitrogens with zero attached hydrogens (tertiary/aromatic N) is 1. The molecule has 6 nitrogen and oxygen atoms in total. The van der Waals surface area contributed by atoms with Crippen molar-refractivity contribution in [3.05, 3.63) is 59.4 Å². The minimum absolute atomic E-state index is 0.218. The first-order valence-corrected chi connectivity index (χ1v) is 9.81. The number of rotatable bonds is 7. The van der Waals surface area contributed by atoms with E-state index < -0.39 is 11.7 Å². The van der Waals surface area contributed by atoms with Gasteiger partial charge in [0.15, 0.2) is 0 Å². The zero-order valence-electron chi connectivity index (χ0n) is 16.5. The molecule has 1 saturated heterocycles. The molecule has 0 bridgehead atoms. The van der Waals surface area contributed by atoms with Crippen LogP contribution in [0.25, 0.3) is 0 Å². The second-order valence-corrected chi connectivity index (χ2v) is 6.99. The van der Waals surface area contributed by atoms with Crippen LogP contribution >= 0.6 is 0 Å². The van der Waals surface area contributed by atoms with E-state index in [0.29, 0.717) is 24.4 Å². The predicted molar refractivity (Wildman–Crippen MR) is 111 cm³/mol. The Morgan fingerprint density at radius 3 is 2.59 bits per heavy atom. The van der Waals surface area contributed by atoms with Crippen LogP contribution < -0.4 is 15.5 Å². The van der Waals surface area contributed by atoms with Crippen molar-refractivity contribution in [1.82, 2.24) is 5.32 Å². The Balaban J connectivity index is 1.83. The maximum Gasteiger partial charge on any atom is 0.255 e. The first-order valence-electron chi connectivity index (χ1n) is 9.81. The minimum atomic E-state index is -0.476. The molecule has 0 radical (unpaired) electrons. The molecule has 1 heterocycles. The fourth-order valence-corrected chi connectivity index (χ4v) is 3.40. The molecule has 0 atom stereocenters. The highest BCUT2D eigenvalue weighted by Crippen LogP contribution is 2.27. The van der Waals surface area contributed by atoms with Crippen molar-refractivity contribution < 1.29 is 18.7 Å². The lowest BCUT2D eigenvalue weighted by atomic mass is 10.1. The molecule has 2 aromatic rings. The van der Waals surface area contributed by atoms with Crippen LogP contribution in [0.15, 0.2) is 42.5 Å². The molecular weight excluding hydrogens is 373 g/mol. The van der Waals surface area contributed by atoms with Crippen LogP contribution in [0.5, 0.6) is 0 Å². The van der Waals surface area contributed by atoms with E-state index in [1.54, 1.807) is 25.3 Å². The molecule has 29 heavy (non-hydrogen) atoms. The summed E-state index contributed by atoms with van der Waals surface area (Å²) in [5.41, 5.74) is 2.05. The summed E-state index contributed by atoms with van der Waals surface area (Å²) < 4.78 is 18.4. The number of carbonyl (C=O) groups excluding carboxylic acids is 2. The molecule has 154 valence electrons. The number of hydrogen-bond donors (Lipinski definition) is 2. The van der Waals surface area contributed by atoms with Crippen LogP contribution in [-0.2, 0) is 4.74 Å². The van der Waals surface area contributed by atoms with E-state index in [-0.39, 0.29) is 11.5 Å². The van der Waals surface area contributed by atoms with E-state index >= 15 is 0 Å². The molecule has 1 aliphatic heterocycles. The molecule has 2 N–H and O–H groups in total. The van der Waals surface area contributed by atoms with Gasteiger partial charge in [0.1, 0.15) is 5.82 Å². The number of piperidine rings is 1. The number of ether oxygens (including phenoxy) is 1. The van der Waals surface area contributed by atoms with Crippen LogP contribution in [0.3, 0.4) is 0 Å². The van der Waals surface area contributed by atoms with Gasteiger partial charge in [-0.3, -0.25) is 9.59 Å². The first kappa shape index (κ1) is 20.8. The third kappa shape index (κ3) is 5.54.